The molecule has 0 fully saturated rings. The fourth-order valence-electron chi connectivity index (χ4n) is 3.29. The third kappa shape index (κ3) is 4.20. The molecular formula is C21H18ClN9OS. The predicted octanol–water partition coefficient (Wildman–Crippen LogP) is 3.80. The van der Waals surface area contributed by atoms with E-state index in [1.165, 1.54) is 11.8 Å². The van der Waals surface area contributed by atoms with Crippen molar-refractivity contribution in [3.63, 3.8) is 0 Å². The Balaban J connectivity index is 1.53. The Labute approximate surface area is 197 Å². The largest absolute Gasteiger partial charge is 0.472 e. The summed E-state index contributed by atoms with van der Waals surface area (Å²) in [7, 11) is 0. The summed E-state index contributed by atoms with van der Waals surface area (Å²) in [5, 5.41) is 1.66. The summed E-state index contributed by atoms with van der Waals surface area (Å²) in [6.45, 7) is 2.30. The molecule has 5 N–H and O–H groups in total. The van der Waals surface area contributed by atoms with E-state index in [9.17, 15) is 0 Å². The molecule has 10 nitrogen and oxygen atoms in total. The van der Waals surface area contributed by atoms with Gasteiger partial charge in [-0.1, -0.05) is 24.6 Å². The first-order chi connectivity index (χ1) is 16.0. The highest BCUT2D eigenvalue weighted by Crippen LogP contribution is 2.36. The molecule has 0 atom stereocenters. The van der Waals surface area contributed by atoms with Gasteiger partial charge in [-0.05, 0) is 30.3 Å². The molecule has 0 unspecified atom stereocenters. The third-order valence-corrected chi connectivity index (χ3v) is 6.07. The van der Waals surface area contributed by atoms with E-state index >= 15 is 0 Å². The maximum absolute atomic E-state index is 6.59. The average molecular weight is 480 g/mol. The Morgan fingerprint density at radius 3 is 2.82 bits per heavy atom. The standard InChI is InChI=1S/C21H18ClN9OS/c1-2-12-15(22)14-18(27-12)30-21(31-19(14)32-9-10-4-3-5-25-7-10)33-11-6-13-16(26-8-11)17(23)29-20(24)28-13/h3-8H,2,9H2,1H3,(H,27,30,31)(H4,23,24,28,29). The van der Waals surface area contributed by atoms with E-state index in [1.54, 1.807) is 18.6 Å². The number of aromatic amines is 1. The highest BCUT2D eigenvalue weighted by Gasteiger charge is 2.19. The van der Waals surface area contributed by atoms with Gasteiger partial charge in [-0.15, -0.1) is 0 Å². The molecule has 166 valence electrons. The van der Waals surface area contributed by atoms with E-state index in [0.717, 1.165) is 22.6 Å². The highest BCUT2D eigenvalue weighted by molar-refractivity contribution is 7.99. The Morgan fingerprint density at radius 2 is 2.03 bits per heavy atom. The number of ether oxygens (including phenoxy) is 1. The van der Waals surface area contributed by atoms with Gasteiger partial charge in [0, 0.05) is 34.7 Å². The minimum atomic E-state index is 0.0841. The number of nitrogens with zero attached hydrogens (tertiary/aromatic N) is 6. The molecule has 0 aliphatic rings. The molecule has 0 aliphatic carbocycles. The lowest BCUT2D eigenvalue weighted by atomic mass is 10.3. The van der Waals surface area contributed by atoms with Crippen LogP contribution >= 0.6 is 23.4 Å². The van der Waals surface area contributed by atoms with Crippen molar-refractivity contribution < 1.29 is 4.74 Å². The summed E-state index contributed by atoms with van der Waals surface area (Å²) in [5.74, 6) is 0.698. The second-order valence-electron chi connectivity index (χ2n) is 7.06. The lowest BCUT2D eigenvalue weighted by Gasteiger charge is -2.09. The van der Waals surface area contributed by atoms with Crippen molar-refractivity contribution in [3.8, 4) is 5.88 Å². The number of hydrogen-bond donors (Lipinski definition) is 3. The number of anilines is 2. The van der Waals surface area contributed by atoms with E-state index in [2.05, 4.69) is 34.9 Å². The van der Waals surface area contributed by atoms with Crippen molar-refractivity contribution in [1.82, 2.24) is 34.9 Å². The number of pyridine rings is 2. The van der Waals surface area contributed by atoms with Crippen LogP contribution in [-0.2, 0) is 13.0 Å². The second-order valence-corrected chi connectivity index (χ2v) is 8.48. The Hall–Kier alpha value is -3.70. The molecule has 5 aromatic heterocycles. The van der Waals surface area contributed by atoms with Gasteiger partial charge in [0.15, 0.2) is 11.0 Å². The van der Waals surface area contributed by atoms with E-state index in [4.69, 9.17) is 27.8 Å². The normalized spacial score (nSPS) is 11.3. The quantitative estimate of drug-likeness (QED) is 0.306. The van der Waals surface area contributed by atoms with E-state index in [-0.39, 0.29) is 11.8 Å². The number of hydrogen-bond acceptors (Lipinski definition) is 10. The third-order valence-electron chi connectivity index (χ3n) is 4.83. The van der Waals surface area contributed by atoms with Gasteiger partial charge in [-0.2, -0.15) is 9.97 Å². The van der Waals surface area contributed by atoms with Gasteiger partial charge in [0.1, 0.15) is 17.8 Å². The van der Waals surface area contributed by atoms with Crippen LogP contribution in [0.2, 0.25) is 5.02 Å². The summed E-state index contributed by atoms with van der Waals surface area (Å²) in [6, 6.07) is 5.59. The van der Waals surface area contributed by atoms with Crippen LogP contribution in [0.3, 0.4) is 0 Å². The summed E-state index contributed by atoms with van der Waals surface area (Å²) < 4.78 is 6.05. The second kappa shape index (κ2) is 8.68. The summed E-state index contributed by atoms with van der Waals surface area (Å²) >= 11 is 7.90. The molecule has 5 aromatic rings. The first-order valence-electron chi connectivity index (χ1n) is 9.98. The van der Waals surface area contributed by atoms with E-state index < -0.39 is 0 Å². The van der Waals surface area contributed by atoms with Gasteiger partial charge in [0.2, 0.25) is 11.8 Å². The van der Waals surface area contributed by atoms with Gasteiger partial charge in [-0.3, -0.25) is 4.98 Å². The molecular weight excluding hydrogens is 462 g/mol. The number of nitrogens with two attached hydrogens (primary N) is 2. The number of aromatic nitrogens is 7. The molecule has 5 heterocycles. The summed E-state index contributed by atoms with van der Waals surface area (Å²) in [6.07, 6.45) is 5.83. The lowest BCUT2D eigenvalue weighted by Crippen LogP contribution is -2.02. The number of fused-ring (bicyclic) bond motifs is 2. The van der Waals surface area contributed by atoms with E-state index in [1.807, 2.05) is 25.1 Å². The van der Waals surface area contributed by atoms with Gasteiger partial charge in [-0.25, -0.2) is 15.0 Å². The fraction of sp³-hybridized carbons (Fsp3) is 0.143. The average Bonchev–Trinajstić information content (AvgIpc) is 3.13. The van der Waals surface area contributed by atoms with Crippen LogP contribution in [0, 0.1) is 0 Å². The van der Waals surface area contributed by atoms with Crippen molar-refractivity contribution in [2.24, 2.45) is 0 Å². The fourth-order valence-corrected chi connectivity index (χ4v) is 4.39. The summed E-state index contributed by atoms with van der Waals surface area (Å²) in [4.78, 5) is 29.9. The molecule has 33 heavy (non-hydrogen) atoms. The van der Waals surface area contributed by atoms with Crippen molar-refractivity contribution in [2.75, 3.05) is 11.5 Å². The van der Waals surface area contributed by atoms with Crippen LogP contribution in [0.15, 0.2) is 46.8 Å². The molecule has 0 saturated heterocycles. The molecule has 0 bridgehead atoms. The van der Waals surface area contributed by atoms with Crippen LogP contribution < -0.4 is 16.2 Å². The number of aryl methyl sites for hydroxylation is 1. The van der Waals surface area contributed by atoms with E-state index in [0.29, 0.717) is 44.7 Å². The minimum Gasteiger partial charge on any atom is -0.472 e. The van der Waals surface area contributed by atoms with Gasteiger partial charge in [0.05, 0.1) is 15.9 Å². The number of halogens is 1. The Morgan fingerprint density at radius 1 is 1.15 bits per heavy atom. The zero-order valence-corrected chi connectivity index (χ0v) is 19.0. The smallest absolute Gasteiger partial charge is 0.229 e. The first-order valence-corrected chi connectivity index (χ1v) is 11.2. The lowest BCUT2D eigenvalue weighted by molar-refractivity contribution is 0.295. The SMILES string of the molecule is CCc1[nH]c2nc(Sc3cnc4c(N)nc(N)nc4c3)nc(OCc3cccnc3)c2c1Cl. The molecule has 12 heteroatoms. The van der Waals surface area contributed by atoms with Crippen molar-refractivity contribution in [1.29, 1.82) is 0 Å². The monoisotopic (exact) mass is 479 g/mol. The maximum atomic E-state index is 6.59. The number of nitrogen functional groups attached to an aromatic ring is 2. The van der Waals surface area contributed by atoms with Crippen LogP contribution in [-0.4, -0.2) is 34.9 Å². The molecule has 0 amide bonds. The first kappa shape index (κ1) is 21.2. The van der Waals surface area contributed by atoms with Crippen molar-refractivity contribution in [3.05, 3.63) is 53.1 Å². The number of rotatable bonds is 6. The predicted molar refractivity (Wildman–Crippen MR) is 127 cm³/mol. The van der Waals surface area contributed by atoms with Crippen LogP contribution in [0.1, 0.15) is 18.2 Å². The van der Waals surface area contributed by atoms with Crippen molar-refractivity contribution >= 4 is 57.2 Å². The Bertz CT molecular complexity index is 1480. The van der Waals surface area contributed by atoms with Crippen LogP contribution in [0.25, 0.3) is 22.1 Å². The molecule has 0 saturated carbocycles. The topological polar surface area (TPSA) is 154 Å². The zero-order valence-electron chi connectivity index (χ0n) is 17.4. The molecule has 0 aliphatic heterocycles. The zero-order chi connectivity index (χ0) is 22.9. The molecule has 0 aromatic carbocycles. The van der Waals surface area contributed by atoms with Gasteiger partial charge in [0.25, 0.3) is 0 Å². The Kier molecular flexibility index (Phi) is 5.56. The van der Waals surface area contributed by atoms with Crippen molar-refractivity contribution in [2.45, 2.75) is 30.0 Å². The molecule has 0 spiro atoms. The summed E-state index contributed by atoms with van der Waals surface area (Å²) in [5.41, 5.74) is 15.0. The molecule has 5 rings (SSSR count). The minimum absolute atomic E-state index is 0.0841. The number of H-pyrrole nitrogens is 1. The van der Waals surface area contributed by atoms with Gasteiger partial charge >= 0.3 is 0 Å². The number of nitrogens with one attached hydrogen (secondary N) is 1. The van der Waals surface area contributed by atoms with Crippen LogP contribution in [0.5, 0.6) is 5.88 Å². The van der Waals surface area contributed by atoms with Gasteiger partial charge < -0.3 is 21.2 Å². The molecule has 0 radical (unpaired) electrons. The maximum Gasteiger partial charge on any atom is 0.229 e. The highest BCUT2D eigenvalue weighted by atomic mass is 35.5. The van der Waals surface area contributed by atoms with Crippen LogP contribution in [0.4, 0.5) is 11.8 Å².